The highest BCUT2D eigenvalue weighted by atomic mass is 32.2. The molecule has 43 heavy (non-hydrogen) atoms. The number of benzene rings is 3. The Morgan fingerprint density at radius 2 is 1.58 bits per heavy atom. The number of methoxy groups -OCH3 is 3. The van der Waals surface area contributed by atoms with E-state index >= 15 is 0 Å². The number of carbonyl (C=O) groups is 1. The van der Waals surface area contributed by atoms with E-state index in [0.717, 1.165) is 16.3 Å². The zero-order chi connectivity index (χ0) is 31.1. The lowest BCUT2D eigenvalue weighted by Gasteiger charge is -2.21. The molecule has 13 heteroatoms. The van der Waals surface area contributed by atoms with Crippen LogP contribution in [0.4, 0.5) is 9.52 Å². The largest absolute Gasteiger partial charge is 0.493 e. The van der Waals surface area contributed by atoms with Gasteiger partial charge in [0.2, 0.25) is 20.9 Å². The van der Waals surface area contributed by atoms with Crippen LogP contribution in [0, 0.1) is 5.82 Å². The SMILES string of the molecule is CCCN(CCC)S(=O)(=O)c1ccc(C(=O)N(/N=C/c2cc(OC)c(OC)c(OC)c2)c2nc3ccc(F)cc3s2)cc1. The minimum absolute atomic E-state index is 0.0916. The Morgan fingerprint density at radius 1 is 0.953 bits per heavy atom. The number of anilines is 1. The number of ether oxygens (including phenoxy) is 3. The number of carbonyl (C=O) groups excluding carboxylic acids is 1. The van der Waals surface area contributed by atoms with Gasteiger partial charge in [-0.3, -0.25) is 4.79 Å². The first-order valence-corrected chi connectivity index (χ1v) is 15.8. The Hall–Kier alpha value is -4.07. The molecule has 228 valence electrons. The number of nitrogens with zero attached hydrogens (tertiary/aromatic N) is 4. The fourth-order valence-electron chi connectivity index (χ4n) is 4.36. The standard InChI is InChI=1S/C30H33FN4O6S2/c1-6-14-34(15-7-2)43(37,38)23-11-8-21(9-12-23)29(36)35(30-33-24-13-10-22(31)18-27(24)42-30)32-19-20-16-25(39-3)28(41-5)26(17-20)40-4/h8-13,16-19H,6-7,14-15H2,1-5H3/b32-19+. The van der Waals surface area contributed by atoms with E-state index in [4.69, 9.17) is 14.2 Å². The first kappa shape index (κ1) is 31.9. The van der Waals surface area contributed by atoms with Gasteiger partial charge in [-0.05, 0) is 67.4 Å². The predicted molar refractivity (Wildman–Crippen MR) is 166 cm³/mol. The second-order valence-electron chi connectivity index (χ2n) is 9.36. The number of fused-ring (bicyclic) bond motifs is 1. The van der Waals surface area contributed by atoms with E-state index in [1.807, 2.05) is 13.8 Å². The first-order chi connectivity index (χ1) is 20.7. The molecule has 0 spiro atoms. The van der Waals surface area contributed by atoms with E-state index in [1.54, 1.807) is 12.1 Å². The van der Waals surface area contributed by atoms with Crippen LogP contribution in [0.1, 0.15) is 42.6 Å². The summed E-state index contributed by atoms with van der Waals surface area (Å²) in [5.74, 6) is 0.196. The van der Waals surface area contributed by atoms with Crippen molar-refractivity contribution in [3.63, 3.8) is 0 Å². The van der Waals surface area contributed by atoms with E-state index in [0.29, 0.717) is 59.0 Å². The van der Waals surface area contributed by atoms with Crippen LogP contribution in [0.15, 0.2) is 64.6 Å². The molecule has 10 nitrogen and oxygen atoms in total. The Morgan fingerprint density at radius 3 is 2.14 bits per heavy atom. The fraction of sp³-hybridized carbons (Fsp3) is 0.300. The predicted octanol–water partition coefficient (Wildman–Crippen LogP) is 5.95. The molecular weight excluding hydrogens is 595 g/mol. The van der Waals surface area contributed by atoms with Crippen LogP contribution in [0.5, 0.6) is 17.2 Å². The fourth-order valence-corrected chi connectivity index (χ4v) is 6.93. The van der Waals surface area contributed by atoms with Gasteiger partial charge in [0, 0.05) is 24.2 Å². The molecule has 0 saturated heterocycles. The minimum atomic E-state index is -3.73. The summed E-state index contributed by atoms with van der Waals surface area (Å²) in [4.78, 5) is 18.4. The van der Waals surface area contributed by atoms with Crippen LogP contribution >= 0.6 is 11.3 Å². The smallest absolute Gasteiger partial charge is 0.280 e. The molecule has 4 rings (SSSR count). The Balaban J connectivity index is 1.74. The van der Waals surface area contributed by atoms with E-state index in [2.05, 4.69) is 10.1 Å². The maximum Gasteiger partial charge on any atom is 0.280 e. The van der Waals surface area contributed by atoms with Gasteiger partial charge in [-0.15, -0.1) is 0 Å². The second kappa shape index (κ2) is 13.9. The van der Waals surface area contributed by atoms with Crippen LogP contribution in [0.3, 0.4) is 0 Å². The van der Waals surface area contributed by atoms with Gasteiger partial charge in [-0.25, -0.2) is 17.8 Å². The lowest BCUT2D eigenvalue weighted by molar-refractivity contribution is 0.0987. The summed E-state index contributed by atoms with van der Waals surface area (Å²) in [5, 5.41) is 5.74. The van der Waals surface area contributed by atoms with Gasteiger partial charge in [0.15, 0.2) is 11.5 Å². The lowest BCUT2D eigenvalue weighted by Crippen LogP contribution is -2.32. The zero-order valence-corrected chi connectivity index (χ0v) is 26.2. The molecule has 3 aromatic carbocycles. The molecule has 0 N–H and O–H groups in total. The number of rotatable bonds is 13. The monoisotopic (exact) mass is 628 g/mol. The molecule has 4 aromatic rings. The molecule has 0 saturated carbocycles. The molecule has 0 unspecified atom stereocenters. The van der Waals surface area contributed by atoms with Crippen LogP contribution in [-0.2, 0) is 10.0 Å². The van der Waals surface area contributed by atoms with Crippen molar-refractivity contribution in [2.75, 3.05) is 39.4 Å². The number of amides is 1. The summed E-state index contributed by atoms with van der Waals surface area (Å²) >= 11 is 1.09. The molecule has 1 amide bonds. The van der Waals surface area contributed by atoms with Gasteiger partial charge in [0.25, 0.3) is 5.91 Å². The number of halogens is 1. The van der Waals surface area contributed by atoms with Gasteiger partial charge in [0.05, 0.1) is 42.7 Å². The van der Waals surface area contributed by atoms with E-state index in [9.17, 15) is 17.6 Å². The number of sulfonamides is 1. The Labute approximate surface area is 254 Å². The maximum atomic E-state index is 13.9. The Bertz CT molecular complexity index is 1690. The van der Waals surface area contributed by atoms with Crippen molar-refractivity contribution >= 4 is 48.8 Å². The summed E-state index contributed by atoms with van der Waals surface area (Å²) in [6, 6.07) is 13.2. The van der Waals surface area contributed by atoms with E-state index < -0.39 is 21.7 Å². The average molecular weight is 629 g/mol. The Kier molecular flexibility index (Phi) is 10.3. The molecule has 0 radical (unpaired) electrons. The summed E-state index contributed by atoms with van der Waals surface area (Å²) < 4.78 is 58.6. The molecule has 0 fully saturated rings. The van der Waals surface area contributed by atoms with E-state index in [-0.39, 0.29) is 15.6 Å². The number of thiazole rings is 1. The molecular formula is C30H33FN4O6S2. The molecule has 0 atom stereocenters. The van der Waals surface area contributed by atoms with Crippen molar-refractivity contribution in [3.05, 3.63) is 71.5 Å². The third-order valence-corrected chi connectivity index (χ3v) is 9.31. The lowest BCUT2D eigenvalue weighted by atomic mass is 10.2. The third-order valence-electron chi connectivity index (χ3n) is 6.41. The van der Waals surface area contributed by atoms with Gasteiger partial charge < -0.3 is 14.2 Å². The number of hydrogen-bond acceptors (Lipinski definition) is 9. The second-order valence-corrected chi connectivity index (χ2v) is 12.3. The van der Waals surface area contributed by atoms with Crippen molar-refractivity contribution in [1.82, 2.24) is 9.29 Å². The summed E-state index contributed by atoms with van der Waals surface area (Å²) in [6.45, 7) is 4.64. The topological polar surface area (TPSA) is 111 Å². The number of aromatic nitrogens is 1. The van der Waals surface area contributed by atoms with Crippen LogP contribution in [0.2, 0.25) is 0 Å². The van der Waals surface area contributed by atoms with Gasteiger partial charge >= 0.3 is 0 Å². The van der Waals surface area contributed by atoms with Crippen molar-refractivity contribution in [2.45, 2.75) is 31.6 Å². The first-order valence-electron chi connectivity index (χ1n) is 13.5. The molecule has 0 aliphatic rings. The zero-order valence-electron chi connectivity index (χ0n) is 24.5. The average Bonchev–Trinajstić information content (AvgIpc) is 3.43. The van der Waals surface area contributed by atoms with Gasteiger partial charge in [0.1, 0.15) is 5.82 Å². The molecule has 1 aromatic heterocycles. The highest BCUT2D eigenvalue weighted by Gasteiger charge is 2.25. The van der Waals surface area contributed by atoms with Crippen molar-refractivity contribution in [1.29, 1.82) is 0 Å². The summed E-state index contributed by atoms with van der Waals surface area (Å²) in [5.41, 5.74) is 1.22. The molecule has 1 heterocycles. The van der Waals surface area contributed by atoms with Crippen LogP contribution in [-0.4, -0.2) is 64.2 Å². The molecule has 0 bridgehead atoms. The van der Waals surface area contributed by atoms with Crippen LogP contribution < -0.4 is 19.2 Å². The van der Waals surface area contributed by atoms with E-state index in [1.165, 1.54) is 74.3 Å². The normalized spacial score (nSPS) is 11.8. The van der Waals surface area contributed by atoms with Crippen LogP contribution in [0.25, 0.3) is 10.2 Å². The van der Waals surface area contributed by atoms with Crippen molar-refractivity contribution < 1.29 is 31.8 Å². The van der Waals surface area contributed by atoms with Crippen molar-refractivity contribution in [3.8, 4) is 17.2 Å². The summed E-state index contributed by atoms with van der Waals surface area (Å²) in [6.07, 6.45) is 2.79. The molecule has 0 aliphatic heterocycles. The quantitative estimate of drug-likeness (QED) is 0.133. The van der Waals surface area contributed by atoms with Gasteiger partial charge in [-0.1, -0.05) is 25.2 Å². The van der Waals surface area contributed by atoms with Crippen molar-refractivity contribution in [2.24, 2.45) is 5.10 Å². The summed E-state index contributed by atoms with van der Waals surface area (Å²) in [7, 11) is 0.740. The highest BCUT2D eigenvalue weighted by Crippen LogP contribution is 2.38. The third kappa shape index (κ3) is 6.95. The highest BCUT2D eigenvalue weighted by molar-refractivity contribution is 7.89. The minimum Gasteiger partial charge on any atom is -0.493 e. The number of hydrogen-bond donors (Lipinski definition) is 0. The maximum absolute atomic E-state index is 13.9. The van der Waals surface area contributed by atoms with Gasteiger partial charge in [-0.2, -0.15) is 14.4 Å². The number of hydrazone groups is 1. The molecule has 0 aliphatic carbocycles.